The first-order chi connectivity index (χ1) is 10.2. The van der Waals surface area contributed by atoms with Gasteiger partial charge in [-0.3, -0.25) is 10.9 Å². The van der Waals surface area contributed by atoms with Gasteiger partial charge in [-0.05, 0) is 80.6 Å². The zero-order chi connectivity index (χ0) is 14.3. The fourth-order valence-corrected chi connectivity index (χ4v) is 5.45. The number of thiocarbonyl (C=S) groups is 1. The van der Waals surface area contributed by atoms with E-state index in [0.717, 1.165) is 28.6 Å². The molecule has 3 N–H and O–H groups in total. The summed E-state index contributed by atoms with van der Waals surface area (Å²) < 4.78 is 0. The SMILES string of the molecule is S=C(NNc1ccccc1)NC12CC3CC(CC(C3)C1)C2. The van der Waals surface area contributed by atoms with E-state index in [1.54, 1.807) is 0 Å². The van der Waals surface area contributed by atoms with Crippen molar-refractivity contribution in [3.05, 3.63) is 30.3 Å². The maximum absolute atomic E-state index is 5.50. The third kappa shape index (κ3) is 2.73. The van der Waals surface area contributed by atoms with Crippen LogP contribution in [-0.4, -0.2) is 10.7 Å². The van der Waals surface area contributed by atoms with E-state index in [4.69, 9.17) is 12.2 Å². The van der Waals surface area contributed by atoms with Crippen LogP contribution in [0.15, 0.2) is 30.3 Å². The van der Waals surface area contributed by atoms with E-state index in [9.17, 15) is 0 Å². The molecule has 4 heteroatoms. The summed E-state index contributed by atoms with van der Waals surface area (Å²) in [7, 11) is 0. The zero-order valence-corrected chi connectivity index (χ0v) is 13.1. The third-order valence-electron chi connectivity index (χ3n) is 5.51. The Bertz CT molecular complexity index is 493. The first-order valence-corrected chi connectivity index (χ1v) is 8.51. The number of hydrogen-bond donors (Lipinski definition) is 3. The van der Waals surface area contributed by atoms with Crippen LogP contribution in [-0.2, 0) is 0 Å². The van der Waals surface area contributed by atoms with Gasteiger partial charge in [-0.25, -0.2) is 0 Å². The summed E-state index contributed by atoms with van der Waals surface area (Å²) in [4.78, 5) is 0. The maximum Gasteiger partial charge on any atom is 0.185 e. The van der Waals surface area contributed by atoms with Crippen LogP contribution in [0, 0.1) is 17.8 Å². The van der Waals surface area contributed by atoms with Crippen molar-refractivity contribution < 1.29 is 0 Å². The third-order valence-corrected chi connectivity index (χ3v) is 5.72. The second kappa shape index (κ2) is 5.16. The molecule has 0 radical (unpaired) electrons. The van der Waals surface area contributed by atoms with Gasteiger partial charge in [-0.15, -0.1) is 0 Å². The summed E-state index contributed by atoms with van der Waals surface area (Å²) >= 11 is 5.50. The van der Waals surface area contributed by atoms with Crippen LogP contribution in [0.25, 0.3) is 0 Å². The Morgan fingerprint density at radius 1 is 0.952 bits per heavy atom. The molecular formula is C17H23N3S. The van der Waals surface area contributed by atoms with Crippen molar-refractivity contribution in [1.82, 2.24) is 10.7 Å². The van der Waals surface area contributed by atoms with Gasteiger partial charge in [-0.1, -0.05) is 18.2 Å². The minimum atomic E-state index is 0.275. The number of hydrogen-bond acceptors (Lipinski definition) is 2. The van der Waals surface area contributed by atoms with Gasteiger partial charge < -0.3 is 5.32 Å². The van der Waals surface area contributed by atoms with Crippen LogP contribution >= 0.6 is 12.2 Å². The molecule has 4 aliphatic rings. The second-order valence-electron chi connectivity index (χ2n) is 7.27. The summed E-state index contributed by atoms with van der Waals surface area (Å²) in [6, 6.07) is 10.1. The number of anilines is 1. The summed E-state index contributed by atoms with van der Waals surface area (Å²) in [5.74, 6) is 2.82. The first-order valence-electron chi connectivity index (χ1n) is 8.10. The van der Waals surface area contributed by atoms with Gasteiger partial charge in [-0.2, -0.15) is 0 Å². The zero-order valence-electron chi connectivity index (χ0n) is 12.3. The van der Waals surface area contributed by atoms with Gasteiger partial charge in [0.2, 0.25) is 0 Å². The Balaban J connectivity index is 1.36. The lowest BCUT2D eigenvalue weighted by molar-refractivity contribution is -0.0101. The molecule has 0 heterocycles. The Morgan fingerprint density at radius 3 is 2.10 bits per heavy atom. The fourth-order valence-electron chi connectivity index (χ4n) is 5.19. The van der Waals surface area contributed by atoms with Crippen molar-refractivity contribution >= 4 is 23.0 Å². The molecule has 3 nitrogen and oxygen atoms in total. The van der Waals surface area contributed by atoms with Gasteiger partial charge in [0, 0.05) is 5.54 Å². The lowest BCUT2D eigenvalue weighted by Gasteiger charge is -2.57. The molecule has 112 valence electrons. The van der Waals surface area contributed by atoms with E-state index in [2.05, 4.69) is 16.2 Å². The molecule has 1 aromatic rings. The van der Waals surface area contributed by atoms with Gasteiger partial charge in [0.25, 0.3) is 0 Å². The molecule has 0 amide bonds. The topological polar surface area (TPSA) is 36.1 Å². The number of para-hydroxylation sites is 1. The summed E-state index contributed by atoms with van der Waals surface area (Å²) in [5.41, 5.74) is 7.63. The highest BCUT2D eigenvalue weighted by Gasteiger charge is 2.51. The van der Waals surface area contributed by atoms with Crippen molar-refractivity contribution in [2.45, 2.75) is 44.1 Å². The van der Waals surface area contributed by atoms with E-state index in [1.165, 1.54) is 38.5 Å². The Morgan fingerprint density at radius 2 is 1.52 bits per heavy atom. The predicted molar refractivity (Wildman–Crippen MR) is 89.8 cm³/mol. The first kappa shape index (κ1) is 13.4. The van der Waals surface area contributed by atoms with E-state index in [0.29, 0.717) is 0 Å². The largest absolute Gasteiger partial charge is 0.356 e. The van der Waals surface area contributed by atoms with Crippen molar-refractivity contribution in [2.24, 2.45) is 17.8 Å². The second-order valence-corrected chi connectivity index (χ2v) is 7.68. The maximum atomic E-state index is 5.50. The van der Waals surface area contributed by atoms with E-state index in [1.807, 2.05) is 30.3 Å². The number of benzene rings is 1. The minimum absolute atomic E-state index is 0.275. The van der Waals surface area contributed by atoms with E-state index < -0.39 is 0 Å². The molecule has 1 aromatic carbocycles. The molecule has 4 fully saturated rings. The van der Waals surface area contributed by atoms with E-state index in [-0.39, 0.29) is 5.54 Å². The van der Waals surface area contributed by atoms with Crippen LogP contribution in [0.1, 0.15) is 38.5 Å². The lowest BCUT2D eigenvalue weighted by Crippen LogP contribution is -2.61. The molecular weight excluding hydrogens is 278 g/mol. The molecule has 4 bridgehead atoms. The Hall–Kier alpha value is -1.29. The highest BCUT2D eigenvalue weighted by atomic mass is 32.1. The van der Waals surface area contributed by atoms with Crippen LogP contribution < -0.4 is 16.2 Å². The van der Waals surface area contributed by atoms with Gasteiger partial charge in [0.05, 0.1) is 5.69 Å². The highest BCUT2D eigenvalue weighted by molar-refractivity contribution is 7.80. The molecule has 0 atom stereocenters. The molecule has 0 aromatic heterocycles. The molecule has 4 aliphatic carbocycles. The van der Waals surface area contributed by atoms with Crippen LogP contribution in [0.2, 0.25) is 0 Å². The minimum Gasteiger partial charge on any atom is -0.356 e. The van der Waals surface area contributed by atoms with Crippen molar-refractivity contribution in [3.8, 4) is 0 Å². The monoisotopic (exact) mass is 301 g/mol. The Labute approximate surface area is 131 Å². The number of nitrogens with one attached hydrogen (secondary N) is 3. The van der Waals surface area contributed by atoms with Gasteiger partial charge >= 0.3 is 0 Å². The molecule has 0 aliphatic heterocycles. The quantitative estimate of drug-likeness (QED) is 0.590. The number of rotatable bonds is 3. The lowest BCUT2D eigenvalue weighted by atomic mass is 9.53. The molecule has 5 rings (SSSR count). The van der Waals surface area contributed by atoms with Crippen molar-refractivity contribution in [1.29, 1.82) is 0 Å². The van der Waals surface area contributed by atoms with Crippen LogP contribution in [0.5, 0.6) is 0 Å². The van der Waals surface area contributed by atoms with Gasteiger partial charge in [0.1, 0.15) is 0 Å². The fraction of sp³-hybridized carbons (Fsp3) is 0.588. The summed E-state index contributed by atoms with van der Waals surface area (Å²) in [5, 5.41) is 4.39. The average Bonchev–Trinajstić information content (AvgIpc) is 2.44. The van der Waals surface area contributed by atoms with E-state index >= 15 is 0 Å². The standard InChI is InChI=1S/C17H23N3S/c21-16(20-19-15-4-2-1-3-5-15)18-17-9-12-6-13(10-17)8-14(7-12)11-17/h1-5,12-14,19H,6-11H2,(H2,18,20,21). The predicted octanol–water partition coefficient (Wildman–Crippen LogP) is 3.45. The molecule has 21 heavy (non-hydrogen) atoms. The molecule has 0 spiro atoms. The highest BCUT2D eigenvalue weighted by Crippen LogP contribution is 2.55. The van der Waals surface area contributed by atoms with Gasteiger partial charge in [0.15, 0.2) is 5.11 Å². The van der Waals surface area contributed by atoms with Crippen molar-refractivity contribution in [3.63, 3.8) is 0 Å². The molecule has 4 saturated carbocycles. The average molecular weight is 301 g/mol. The van der Waals surface area contributed by atoms with Crippen LogP contribution in [0.4, 0.5) is 5.69 Å². The van der Waals surface area contributed by atoms with Crippen LogP contribution in [0.3, 0.4) is 0 Å². The summed E-state index contributed by atoms with van der Waals surface area (Å²) in [6.45, 7) is 0. The smallest absolute Gasteiger partial charge is 0.185 e. The molecule has 0 unspecified atom stereocenters. The normalized spacial score (nSPS) is 36.3. The van der Waals surface area contributed by atoms with Crippen molar-refractivity contribution in [2.75, 3.05) is 5.43 Å². The summed E-state index contributed by atoms with van der Waals surface area (Å²) in [6.07, 6.45) is 8.32. The molecule has 0 saturated heterocycles. The number of hydrazine groups is 1. The Kier molecular flexibility index (Phi) is 3.29.